The van der Waals surface area contributed by atoms with E-state index in [-0.39, 0.29) is 24.5 Å². The van der Waals surface area contributed by atoms with Gasteiger partial charge in [-0.05, 0) is 43.4 Å². The van der Waals surface area contributed by atoms with E-state index in [0.717, 1.165) is 31.1 Å². The summed E-state index contributed by atoms with van der Waals surface area (Å²) in [6, 6.07) is -0.0515. The molecular formula is C13H23NO2. The number of nitrogens with one attached hydrogen (secondary N) is 1. The number of carbonyl (C=O) groups is 1. The Bertz CT molecular complexity index is 255. The fraction of sp³-hybridized carbons (Fsp3) is 0.923. The number of hydrogen-bond acceptors (Lipinski definition) is 2. The molecular weight excluding hydrogens is 202 g/mol. The van der Waals surface area contributed by atoms with Gasteiger partial charge in [0.15, 0.2) is 0 Å². The average Bonchev–Trinajstić information content (AvgIpc) is 2.84. The van der Waals surface area contributed by atoms with Crippen LogP contribution in [0.5, 0.6) is 0 Å². The molecule has 3 heteroatoms. The number of aliphatic hydroxyl groups is 1. The minimum absolute atomic E-state index is 0.0515. The molecule has 0 aromatic carbocycles. The first-order valence-electron chi connectivity index (χ1n) is 6.51. The van der Waals surface area contributed by atoms with E-state index in [4.69, 9.17) is 0 Å². The first kappa shape index (κ1) is 11.9. The number of carbonyl (C=O) groups excluding carboxylic acids is 1. The van der Waals surface area contributed by atoms with Crippen molar-refractivity contribution in [2.75, 3.05) is 6.61 Å². The van der Waals surface area contributed by atoms with Gasteiger partial charge in [-0.1, -0.05) is 13.8 Å². The highest BCUT2D eigenvalue weighted by Crippen LogP contribution is 2.54. The quantitative estimate of drug-likeness (QED) is 0.746. The molecule has 2 saturated carbocycles. The zero-order valence-electron chi connectivity index (χ0n) is 10.3. The lowest BCUT2D eigenvalue weighted by Crippen LogP contribution is -2.41. The second-order valence-corrected chi connectivity index (χ2v) is 5.94. The Hall–Kier alpha value is -0.570. The topological polar surface area (TPSA) is 49.3 Å². The van der Waals surface area contributed by atoms with Crippen LogP contribution in [-0.4, -0.2) is 23.7 Å². The predicted octanol–water partition coefficient (Wildman–Crippen LogP) is 1.56. The lowest BCUT2D eigenvalue weighted by Gasteiger charge is -2.21. The van der Waals surface area contributed by atoms with Crippen molar-refractivity contribution in [2.24, 2.45) is 23.7 Å². The molecule has 92 valence electrons. The summed E-state index contributed by atoms with van der Waals surface area (Å²) in [4.78, 5) is 11.9. The first-order chi connectivity index (χ1) is 7.60. The number of amides is 1. The fourth-order valence-corrected chi connectivity index (χ4v) is 3.00. The maximum Gasteiger partial charge on any atom is 0.223 e. The number of fused-ring (bicyclic) bond motifs is 1. The lowest BCUT2D eigenvalue weighted by molar-refractivity contribution is -0.126. The summed E-state index contributed by atoms with van der Waals surface area (Å²) < 4.78 is 0. The van der Waals surface area contributed by atoms with Crippen molar-refractivity contribution in [1.29, 1.82) is 0 Å². The third kappa shape index (κ3) is 2.76. The van der Waals surface area contributed by atoms with Gasteiger partial charge in [0.05, 0.1) is 12.6 Å². The van der Waals surface area contributed by atoms with E-state index < -0.39 is 0 Å². The monoisotopic (exact) mass is 225 g/mol. The highest BCUT2D eigenvalue weighted by molar-refractivity contribution is 5.79. The zero-order chi connectivity index (χ0) is 11.7. The average molecular weight is 225 g/mol. The molecule has 0 aromatic rings. The summed E-state index contributed by atoms with van der Waals surface area (Å²) in [7, 11) is 0. The van der Waals surface area contributed by atoms with Crippen molar-refractivity contribution in [3.05, 3.63) is 0 Å². The third-order valence-electron chi connectivity index (χ3n) is 3.94. The highest BCUT2D eigenvalue weighted by Gasteiger charge is 2.48. The van der Waals surface area contributed by atoms with Crippen molar-refractivity contribution in [3.8, 4) is 0 Å². The lowest BCUT2D eigenvalue weighted by atomic mass is 10.00. The molecule has 2 N–H and O–H groups in total. The van der Waals surface area contributed by atoms with Crippen LogP contribution in [0, 0.1) is 23.7 Å². The second-order valence-electron chi connectivity index (χ2n) is 5.94. The summed E-state index contributed by atoms with van der Waals surface area (Å²) in [6.45, 7) is 4.28. The van der Waals surface area contributed by atoms with Gasteiger partial charge in [-0.3, -0.25) is 4.79 Å². The van der Waals surface area contributed by atoms with Crippen LogP contribution in [0.2, 0.25) is 0 Å². The molecule has 16 heavy (non-hydrogen) atoms. The molecule has 0 bridgehead atoms. The van der Waals surface area contributed by atoms with Crippen LogP contribution >= 0.6 is 0 Å². The molecule has 0 radical (unpaired) electrons. The van der Waals surface area contributed by atoms with Crippen molar-refractivity contribution in [2.45, 2.75) is 45.6 Å². The van der Waals surface area contributed by atoms with Gasteiger partial charge in [-0.15, -0.1) is 0 Å². The molecule has 0 saturated heterocycles. The molecule has 0 aliphatic heterocycles. The van der Waals surface area contributed by atoms with Gasteiger partial charge in [0, 0.05) is 5.92 Å². The van der Waals surface area contributed by atoms with Gasteiger partial charge in [-0.2, -0.15) is 0 Å². The van der Waals surface area contributed by atoms with E-state index in [2.05, 4.69) is 19.2 Å². The largest absolute Gasteiger partial charge is 0.394 e. The predicted molar refractivity (Wildman–Crippen MR) is 62.8 cm³/mol. The zero-order valence-corrected chi connectivity index (χ0v) is 10.3. The Morgan fingerprint density at radius 3 is 2.44 bits per heavy atom. The summed E-state index contributed by atoms with van der Waals surface area (Å²) in [5, 5.41) is 12.2. The molecule has 3 nitrogen and oxygen atoms in total. The van der Waals surface area contributed by atoms with Crippen LogP contribution in [0.4, 0.5) is 0 Å². The minimum atomic E-state index is -0.0515. The van der Waals surface area contributed by atoms with Gasteiger partial charge >= 0.3 is 0 Å². The maximum absolute atomic E-state index is 11.9. The van der Waals surface area contributed by atoms with E-state index in [9.17, 15) is 9.90 Å². The molecule has 2 fully saturated rings. The Balaban J connectivity index is 1.76. The van der Waals surface area contributed by atoms with Crippen LogP contribution < -0.4 is 5.32 Å². The van der Waals surface area contributed by atoms with Gasteiger partial charge in [-0.25, -0.2) is 0 Å². The molecule has 2 rings (SSSR count). The van der Waals surface area contributed by atoms with Crippen LogP contribution in [0.25, 0.3) is 0 Å². The minimum Gasteiger partial charge on any atom is -0.394 e. The number of hydrogen-bond donors (Lipinski definition) is 2. The Labute approximate surface area is 97.6 Å². The van der Waals surface area contributed by atoms with E-state index >= 15 is 0 Å². The molecule has 2 aliphatic carbocycles. The highest BCUT2D eigenvalue weighted by atomic mass is 16.3. The Morgan fingerprint density at radius 2 is 1.94 bits per heavy atom. The summed E-state index contributed by atoms with van der Waals surface area (Å²) in [5.74, 6) is 2.59. The second kappa shape index (κ2) is 4.74. The van der Waals surface area contributed by atoms with Crippen LogP contribution in [0.15, 0.2) is 0 Å². The number of rotatable bonds is 5. The maximum atomic E-state index is 11.9. The van der Waals surface area contributed by atoms with Crippen LogP contribution in [0.3, 0.4) is 0 Å². The van der Waals surface area contributed by atoms with Crippen LogP contribution in [0.1, 0.15) is 39.5 Å². The van der Waals surface area contributed by atoms with Gasteiger partial charge in [0.1, 0.15) is 0 Å². The van der Waals surface area contributed by atoms with Gasteiger partial charge in [0.2, 0.25) is 5.91 Å². The van der Waals surface area contributed by atoms with Gasteiger partial charge in [0.25, 0.3) is 0 Å². The van der Waals surface area contributed by atoms with Crippen molar-refractivity contribution in [1.82, 2.24) is 5.32 Å². The fourth-order valence-electron chi connectivity index (χ4n) is 3.00. The normalized spacial score (nSPS) is 33.6. The third-order valence-corrected chi connectivity index (χ3v) is 3.94. The van der Waals surface area contributed by atoms with E-state index in [0.29, 0.717) is 5.92 Å². The summed E-state index contributed by atoms with van der Waals surface area (Å²) >= 11 is 0. The summed E-state index contributed by atoms with van der Waals surface area (Å²) in [6.07, 6.45) is 4.37. The van der Waals surface area contributed by atoms with Crippen molar-refractivity contribution >= 4 is 5.91 Å². The smallest absolute Gasteiger partial charge is 0.223 e. The van der Waals surface area contributed by atoms with Crippen molar-refractivity contribution in [3.63, 3.8) is 0 Å². The Kier molecular flexibility index (Phi) is 3.53. The van der Waals surface area contributed by atoms with E-state index in [1.54, 1.807) is 0 Å². The van der Waals surface area contributed by atoms with Crippen LogP contribution in [-0.2, 0) is 4.79 Å². The van der Waals surface area contributed by atoms with E-state index in [1.807, 2.05) is 0 Å². The SMILES string of the molecule is CC(C)CC(CO)NC(=O)C1CC2CC2C1. The van der Waals surface area contributed by atoms with Crippen molar-refractivity contribution < 1.29 is 9.90 Å². The molecule has 0 aromatic heterocycles. The molecule has 3 unspecified atom stereocenters. The first-order valence-corrected chi connectivity index (χ1v) is 6.51. The molecule has 0 heterocycles. The molecule has 1 amide bonds. The Morgan fingerprint density at radius 1 is 1.31 bits per heavy atom. The standard InChI is InChI=1S/C13H23NO2/c1-8(2)3-12(7-15)14-13(16)11-5-9-4-10(9)6-11/h8-12,15H,3-7H2,1-2H3,(H,14,16). The summed E-state index contributed by atoms with van der Waals surface area (Å²) in [5.41, 5.74) is 0. The number of aliphatic hydroxyl groups excluding tert-OH is 1. The van der Waals surface area contributed by atoms with Gasteiger partial charge < -0.3 is 10.4 Å². The van der Waals surface area contributed by atoms with E-state index in [1.165, 1.54) is 6.42 Å². The molecule has 2 aliphatic rings. The molecule has 0 spiro atoms. The molecule has 3 atom stereocenters.